The van der Waals surface area contributed by atoms with Crippen molar-refractivity contribution < 1.29 is 18.7 Å². The van der Waals surface area contributed by atoms with Crippen molar-refractivity contribution in [3.63, 3.8) is 0 Å². The van der Waals surface area contributed by atoms with E-state index < -0.39 is 22.5 Å². The minimum Gasteiger partial charge on any atom is -0.467 e. The van der Waals surface area contributed by atoms with E-state index in [0.717, 1.165) is 12.8 Å². The van der Waals surface area contributed by atoms with Crippen molar-refractivity contribution in [2.75, 3.05) is 7.11 Å². The molecule has 0 spiro atoms. The standard InChI is InChI=1S/C15H17ClFNO3/c1-14(10-8-9-10,13(20)21-2)18-12(19)15(16,17)11-6-4-3-5-7-11/h3-7,10H,8-9H2,1-2H3,(H,18,19)/t14-,15?/m1/s1. The first kappa shape index (κ1) is 15.8. The largest absolute Gasteiger partial charge is 0.467 e. The zero-order chi connectivity index (χ0) is 15.7. The monoisotopic (exact) mass is 313 g/mol. The van der Waals surface area contributed by atoms with Crippen molar-refractivity contribution in [1.82, 2.24) is 5.32 Å². The Bertz CT molecular complexity index is 545. The van der Waals surface area contributed by atoms with Crippen LogP contribution in [0.1, 0.15) is 25.3 Å². The zero-order valence-corrected chi connectivity index (χ0v) is 12.6. The van der Waals surface area contributed by atoms with E-state index in [9.17, 15) is 14.0 Å². The molecule has 0 radical (unpaired) electrons. The number of benzene rings is 1. The lowest BCUT2D eigenvalue weighted by atomic mass is 9.95. The number of nitrogens with one attached hydrogen (secondary N) is 1. The van der Waals surface area contributed by atoms with Crippen LogP contribution in [0.15, 0.2) is 30.3 Å². The average molecular weight is 314 g/mol. The second kappa shape index (κ2) is 5.64. The summed E-state index contributed by atoms with van der Waals surface area (Å²) in [5.74, 6) is -1.72. The van der Waals surface area contributed by atoms with Crippen LogP contribution in [-0.4, -0.2) is 24.5 Å². The van der Waals surface area contributed by atoms with E-state index in [-0.39, 0.29) is 11.5 Å². The molecule has 1 fully saturated rings. The summed E-state index contributed by atoms with van der Waals surface area (Å²) in [4.78, 5) is 24.1. The smallest absolute Gasteiger partial charge is 0.331 e. The molecule has 0 heterocycles. The Hall–Kier alpha value is -1.62. The first-order valence-electron chi connectivity index (χ1n) is 6.66. The summed E-state index contributed by atoms with van der Waals surface area (Å²) in [7, 11) is 1.23. The van der Waals surface area contributed by atoms with Gasteiger partial charge < -0.3 is 10.1 Å². The molecule has 1 saturated carbocycles. The van der Waals surface area contributed by atoms with Crippen molar-refractivity contribution in [3.8, 4) is 0 Å². The molecule has 1 aromatic rings. The van der Waals surface area contributed by atoms with Crippen molar-refractivity contribution in [2.45, 2.75) is 30.4 Å². The van der Waals surface area contributed by atoms with Crippen LogP contribution in [0.3, 0.4) is 0 Å². The van der Waals surface area contributed by atoms with Gasteiger partial charge in [0.25, 0.3) is 11.0 Å². The highest BCUT2D eigenvalue weighted by atomic mass is 35.5. The minimum atomic E-state index is -2.73. The molecule has 2 rings (SSSR count). The Morgan fingerprint density at radius 2 is 1.90 bits per heavy atom. The Labute approximate surface area is 127 Å². The molecule has 2 atom stereocenters. The van der Waals surface area contributed by atoms with Gasteiger partial charge >= 0.3 is 5.97 Å². The highest BCUT2D eigenvalue weighted by Gasteiger charge is 2.52. The number of carbonyl (C=O) groups is 2. The van der Waals surface area contributed by atoms with Crippen LogP contribution in [0.5, 0.6) is 0 Å². The third-order valence-corrected chi connectivity index (χ3v) is 4.19. The maximum absolute atomic E-state index is 14.6. The molecule has 4 nitrogen and oxygen atoms in total. The molecule has 6 heteroatoms. The van der Waals surface area contributed by atoms with Gasteiger partial charge in [0.15, 0.2) is 0 Å². The van der Waals surface area contributed by atoms with Crippen LogP contribution in [0.25, 0.3) is 0 Å². The number of carbonyl (C=O) groups excluding carboxylic acids is 2. The van der Waals surface area contributed by atoms with Crippen LogP contribution >= 0.6 is 11.6 Å². The minimum absolute atomic E-state index is 0.0205. The van der Waals surface area contributed by atoms with Gasteiger partial charge in [-0.05, 0) is 25.7 Å². The Morgan fingerprint density at radius 1 is 1.33 bits per heavy atom. The highest BCUT2D eigenvalue weighted by molar-refractivity contribution is 6.33. The molecule has 1 N–H and O–H groups in total. The molecule has 1 aromatic carbocycles. The van der Waals surface area contributed by atoms with Crippen molar-refractivity contribution in [2.24, 2.45) is 5.92 Å². The van der Waals surface area contributed by atoms with Gasteiger partial charge in [-0.15, -0.1) is 0 Å². The summed E-state index contributed by atoms with van der Waals surface area (Å²) >= 11 is 5.76. The van der Waals surface area contributed by atoms with Crippen molar-refractivity contribution >= 4 is 23.5 Å². The molecule has 0 bridgehead atoms. The van der Waals surface area contributed by atoms with E-state index in [0.29, 0.717) is 0 Å². The molecule has 1 aliphatic carbocycles. The molecule has 0 aliphatic heterocycles. The van der Waals surface area contributed by atoms with Crippen molar-refractivity contribution in [1.29, 1.82) is 0 Å². The summed E-state index contributed by atoms with van der Waals surface area (Å²) in [6, 6.07) is 7.69. The first-order chi connectivity index (χ1) is 9.82. The summed E-state index contributed by atoms with van der Waals surface area (Å²) < 4.78 is 19.3. The number of amides is 1. The van der Waals surface area contributed by atoms with Gasteiger partial charge in [0, 0.05) is 5.56 Å². The SMILES string of the molecule is COC(=O)[C@](C)(NC(=O)C(F)(Cl)c1ccccc1)C1CC1. The fourth-order valence-electron chi connectivity index (χ4n) is 2.29. The van der Waals surface area contributed by atoms with Crippen LogP contribution < -0.4 is 5.32 Å². The fraction of sp³-hybridized carbons (Fsp3) is 0.467. The lowest BCUT2D eigenvalue weighted by Crippen LogP contribution is -2.57. The number of hydrogen-bond donors (Lipinski definition) is 1. The maximum Gasteiger partial charge on any atom is 0.331 e. The second-order valence-electron chi connectivity index (χ2n) is 5.36. The van der Waals surface area contributed by atoms with Gasteiger partial charge in [-0.1, -0.05) is 41.9 Å². The Balaban J connectivity index is 2.21. The van der Waals surface area contributed by atoms with Crippen LogP contribution in [0.2, 0.25) is 0 Å². The maximum atomic E-state index is 14.6. The predicted octanol–water partition coefficient (Wildman–Crippen LogP) is 2.51. The summed E-state index contributed by atoms with van der Waals surface area (Å²) in [6.45, 7) is 1.53. The molecule has 114 valence electrons. The third kappa shape index (κ3) is 3.02. The van der Waals surface area contributed by atoms with Crippen LogP contribution in [-0.2, 0) is 19.5 Å². The molecule has 1 unspecified atom stereocenters. The summed E-state index contributed by atoms with van der Waals surface area (Å²) in [5.41, 5.74) is -1.24. The van der Waals surface area contributed by atoms with E-state index in [1.165, 1.54) is 26.2 Å². The van der Waals surface area contributed by atoms with E-state index in [1.807, 2.05) is 0 Å². The number of methoxy groups -OCH3 is 1. The van der Waals surface area contributed by atoms with Crippen LogP contribution in [0.4, 0.5) is 4.39 Å². The van der Waals surface area contributed by atoms with Crippen molar-refractivity contribution in [3.05, 3.63) is 35.9 Å². The highest BCUT2D eigenvalue weighted by Crippen LogP contribution is 2.41. The van der Waals surface area contributed by atoms with Crippen LogP contribution in [0, 0.1) is 5.92 Å². The van der Waals surface area contributed by atoms with E-state index in [4.69, 9.17) is 16.3 Å². The fourth-order valence-corrected chi connectivity index (χ4v) is 2.46. The van der Waals surface area contributed by atoms with E-state index >= 15 is 0 Å². The molecule has 0 aromatic heterocycles. The number of ether oxygens (including phenoxy) is 1. The van der Waals surface area contributed by atoms with Gasteiger partial charge in [-0.25, -0.2) is 9.18 Å². The number of alkyl halides is 2. The topological polar surface area (TPSA) is 55.4 Å². The third-order valence-electron chi connectivity index (χ3n) is 3.80. The van der Waals surface area contributed by atoms with E-state index in [2.05, 4.69) is 5.32 Å². The number of halogens is 2. The number of esters is 1. The van der Waals surface area contributed by atoms with Gasteiger partial charge in [-0.2, -0.15) is 0 Å². The van der Waals surface area contributed by atoms with Gasteiger partial charge in [-0.3, -0.25) is 4.79 Å². The van der Waals surface area contributed by atoms with Gasteiger partial charge in [0.1, 0.15) is 5.54 Å². The predicted molar refractivity (Wildman–Crippen MR) is 76.4 cm³/mol. The molecular weight excluding hydrogens is 297 g/mol. The first-order valence-corrected chi connectivity index (χ1v) is 7.04. The van der Waals surface area contributed by atoms with E-state index in [1.54, 1.807) is 18.2 Å². The molecule has 21 heavy (non-hydrogen) atoms. The molecule has 1 amide bonds. The van der Waals surface area contributed by atoms with Gasteiger partial charge in [0.2, 0.25) is 0 Å². The lowest BCUT2D eigenvalue weighted by molar-refractivity contribution is -0.152. The molecule has 0 saturated heterocycles. The number of hydrogen-bond acceptors (Lipinski definition) is 3. The zero-order valence-electron chi connectivity index (χ0n) is 11.9. The number of rotatable bonds is 5. The van der Waals surface area contributed by atoms with Gasteiger partial charge in [0.05, 0.1) is 7.11 Å². The Kier molecular flexibility index (Phi) is 4.23. The molecule has 1 aliphatic rings. The Morgan fingerprint density at radius 3 is 2.38 bits per heavy atom. The quantitative estimate of drug-likeness (QED) is 0.671. The lowest BCUT2D eigenvalue weighted by Gasteiger charge is -2.30. The summed E-state index contributed by atoms with van der Waals surface area (Å²) in [6.07, 6.45) is 1.55. The summed E-state index contributed by atoms with van der Waals surface area (Å²) in [5, 5.41) is -0.306. The molecular formula is C15H17ClFNO3. The average Bonchev–Trinajstić information content (AvgIpc) is 3.32. The second-order valence-corrected chi connectivity index (χ2v) is 5.88. The normalized spacial score (nSPS) is 20.0.